The first-order chi connectivity index (χ1) is 8.83. The maximum atomic E-state index is 6.57. The number of thiophene rings is 1. The number of hydrogen-bond acceptors (Lipinski definition) is 1. The maximum absolute atomic E-state index is 6.57. The number of benzene rings is 1. The Morgan fingerprint density at radius 2 is 1.89 bits per heavy atom. The molecule has 0 bridgehead atoms. The summed E-state index contributed by atoms with van der Waals surface area (Å²) in [7, 11) is 0. The highest BCUT2D eigenvalue weighted by molar-refractivity contribution is 7.12. The molecule has 0 spiro atoms. The van der Waals surface area contributed by atoms with E-state index < -0.39 is 0 Å². The summed E-state index contributed by atoms with van der Waals surface area (Å²) in [6, 6.07) is 12.9. The highest BCUT2D eigenvalue weighted by Gasteiger charge is 2.17. The van der Waals surface area contributed by atoms with Crippen LogP contribution in [0, 0.1) is 0 Å². The van der Waals surface area contributed by atoms with Crippen molar-refractivity contribution in [2.45, 2.75) is 37.5 Å². The first-order valence-corrected chi connectivity index (χ1v) is 7.88. The molecule has 0 aliphatic heterocycles. The maximum Gasteiger partial charge on any atom is 0.0719 e. The molecule has 94 valence electrons. The van der Waals surface area contributed by atoms with Crippen LogP contribution < -0.4 is 0 Å². The minimum atomic E-state index is 0.128. The molecule has 0 amide bonds. The number of rotatable bonds is 3. The molecule has 2 aromatic rings. The van der Waals surface area contributed by atoms with E-state index >= 15 is 0 Å². The van der Waals surface area contributed by atoms with Crippen molar-refractivity contribution in [1.82, 2.24) is 0 Å². The van der Waals surface area contributed by atoms with Gasteiger partial charge in [0.25, 0.3) is 0 Å². The second-order valence-corrected chi connectivity index (χ2v) is 6.66. The summed E-state index contributed by atoms with van der Waals surface area (Å²) in [5.74, 6) is 0. The van der Waals surface area contributed by atoms with E-state index in [2.05, 4.69) is 36.4 Å². The van der Waals surface area contributed by atoms with Crippen LogP contribution in [-0.2, 0) is 19.3 Å². The molecule has 0 saturated heterocycles. The second kappa shape index (κ2) is 5.46. The van der Waals surface area contributed by atoms with Gasteiger partial charge in [-0.1, -0.05) is 30.3 Å². The van der Waals surface area contributed by atoms with Gasteiger partial charge in [-0.15, -0.1) is 22.9 Å². The number of halogens is 1. The highest BCUT2D eigenvalue weighted by atomic mass is 35.5. The molecule has 1 aromatic carbocycles. The van der Waals surface area contributed by atoms with Crippen LogP contribution in [0.25, 0.3) is 0 Å². The topological polar surface area (TPSA) is 0 Å². The number of hydrogen-bond donors (Lipinski definition) is 0. The lowest BCUT2D eigenvalue weighted by Crippen LogP contribution is -1.96. The Morgan fingerprint density at radius 1 is 1.11 bits per heavy atom. The van der Waals surface area contributed by atoms with Gasteiger partial charge in [0.15, 0.2) is 0 Å². The number of aryl methyl sites for hydroxylation is 2. The van der Waals surface area contributed by atoms with Crippen LogP contribution in [-0.4, -0.2) is 0 Å². The van der Waals surface area contributed by atoms with Gasteiger partial charge in [0, 0.05) is 9.75 Å². The van der Waals surface area contributed by atoms with Gasteiger partial charge in [0.1, 0.15) is 0 Å². The number of fused-ring (bicyclic) bond motifs is 1. The average Bonchev–Trinajstić information content (AvgIpc) is 2.84. The molecule has 0 N–H and O–H groups in total. The Balaban J connectivity index is 1.76. The summed E-state index contributed by atoms with van der Waals surface area (Å²) < 4.78 is 0. The lowest BCUT2D eigenvalue weighted by Gasteiger charge is -2.08. The molecule has 2 heteroatoms. The van der Waals surface area contributed by atoms with Crippen molar-refractivity contribution in [3.8, 4) is 0 Å². The fraction of sp³-hybridized carbons (Fsp3) is 0.375. The first kappa shape index (κ1) is 12.3. The summed E-state index contributed by atoms with van der Waals surface area (Å²) in [4.78, 5) is 2.93. The van der Waals surface area contributed by atoms with Gasteiger partial charge in [-0.25, -0.2) is 0 Å². The molecule has 3 rings (SSSR count). The molecule has 18 heavy (non-hydrogen) atoms. The van der Waals surface area contributed by atoms with E-state index in [1.165, 1.54) is 36.1 Å². The summed E-state index contributed by atoms with van der Waals surface area (Å²) in [6.45, 7) is 0. The van der Waals surface area contributed by atoms with Crippen molar-refractivity contribution in [3.05, 3.63) is 57.3 Å². The lowest BCUT2D eigenvalue weighted by atomic mass is 9.99. The van der Waals surface area contributed by atoms with Crippen LogP contribution in [0.2, 0.25) is 0 Å². The van der Waals surface area contributed by atoms with E-state index in [1.807, 2.05) is 11.3 Å². The molecule has 0 saturated carbocycles. The van der Waals surface area contributed by atoms with E-state index in [-0.39, 0.29) is 5.38 Å². The Bertz CT molecular complexity index is 492. The fourth-order valence-corrected chi connectivity index (χ4v) is 4.20. The predicted molar refractivity (Wildman–Crippen MR) is 79.7 cm³/mol. The molecule has 1 aromatic heterocycles. The van der Waals surface area contributed by atoms with Crippen LogP contribution >= 0.6 is 22.9 Å². The minimum Gasteiger partial charge on any atom is -0.144 e. The van der Waals surface area contributed by atoms with Gasteiger partial charge in [-0.05, 0) is 49.3 Å². The SMILES string of the molecule is ClC(Cc1ccccc1)c1cc2c(s1)CCCC2. The zero-order valence-corrected chi connectivity index (χ0v) is 11.9. The second-order valence-electron chi connectivity index (χ2n) is 4.96. The van der Waals surface area contributed by atoms with E-state index in [9.17, 15) is 0 Å². The average molecular weight is 277 g/mol. The van der Waals surface area contributed by atoms with Crippen molar-refractivity contribution in [3.63, 3.8) is 0 Å². The summed E-state index contributed by atoms with van der Waals surface area (Å²) in [6.07, 6.45) is 6.13. The van der Waals surface area contributed by atoms with Crippen LogP contribution in [0.1, 0.15) is 39.1 Å². The van der Waals surface area contributed by atoms with Crippen molar-refractivity contribution in [1.29, 1.82) is 0 Å². The van der Waals surface area contributed by atoms with Crippen LogP contribution in [0.15, 0.2) is 36.4 Å². The molecule has 1 aliphatic rings. The number of alkyl halides is 1. The Kier molecular flexibility index (Phi) is 3.72. The van der Waals surface area contributed by atoms with Crippen molar-refractivity contribution >= 4 is 22.9 Å². The van der Waals surface area contributed by atoms with Gasteiger partial charge in [-0.2, -0.15) is 0 Å². The molecule has 1 heterocycles. The van der Waals surface area contributed by atoms with Gasteiger partial charge in [0.05, 0.1) is 5.38 Å². The van der Waals surface area contributed by atoms with Crippen LogP contribution in [0.3, 0.4) is 0 Å². The molecule has 1 atom stereocenters. The van der Waals surface area contributed by atoms with Gasteiger partial charge >= 0.3 is 0 Å². The van der Waals surface area contributed by atoms with Gasteiger partial charge in [-0.3, -0.25) is 0 Å². The Labute approximate surface area is 118 Å². The molecular formula is C16H17ClS. The van der Waals surface area contributed by atoms with Crippen molar-refractivity contribution in [2.75, 3.05) is 0 Å². The monoisotopic (exact) mass is 276 g/mol. The van der Waals surface area contributed by atoms with E-state index in [4.69, 9.17) is 11.6 Å². The van der Waals surface area contributed by atoms with Crippen LogP contribution in [0.5, 0.6) is 0 Å². The Hall–Kier alpha value is -0.790. The summed E-state index contributed by atoms with van der Waals surface area (Å²) in [5, 5.41) is 0.128. The first-order valence-electron chi connectivity index (χ1n) is 6.62. The fourth-order valence-electron chi connectivity index (χ4n) is 2.59. The third-order valence-corrected chi connectivity index (χ3v) is 5.45. The lowest BCUT2D eigenvalue weighted by molar-refractivity contribution is 0.697. The molecule has 0 nitrogen and oxygen atoms in total. The summed E-state index contributed by atoms with van der Waals surface area (Å²) in [5.41, 5.74) is 2.88. The quantitative estimate of drug-likeness (QED) is 0.680. The van der Waals surface area contributed by atoms with Crippen LogP contribution in [0.4, 0.5) is 0 Å². The highest BCUT2D eigenvalue weighted by Crippen LogP contribution is 2.36. The van der Waals surface area contributed by atoms with Crippen molar-refractivity contribution < 1.29 is 0 Å². The predicted octanol–water partition coefficient (Wildman–Crippen LogP) is 5.15. The van der Waals surface area contributed by atoms with E-state index in [0.29, 0.717) is 0 Å². The standard InChI is InChI=1S/C16H17ClS/c17-14(10-12-6-2-1-3-7-12)16-11-13-8-4-5-9-15(13)18-16/h1-3,6-7,11,14H,4-5,8-10H2. The summed E-state index contributed by atoms with van der Waals surface area (Å²) >= 11 is 8.50. The largest absolute Gasteiger partial charge is 0.144 e. The van der Waals surface area contributed by atoms with Crippen molar-refractivity contribution in [2.24, 2.45) is 0 Å². The normalized spacial score (nSPS) is 16.3. The van der Waals surface area contributed by atoms with Gasteiger partial charge in [0.2, 0.25) is 0 Å². The Morgan fingerprint density at radius 3 is 2.67 bits per heavy atom. The van der Waals surface area contributed by atoms with Gasteiger partial charge < -0.3 is 0 Å². The zero-order chi connectivity index (χ0) is 12.4. The molecule has 0 fully saturated rings. The van der Waals surface area contributed by atoms with E-state index in [0.717, 1.165) is 6.42 Å². The molecule has 1 aliphatic carbocycles. The third kappa shape index (κ3) is 2.62. The van der Waals surface area contributed by atoms with E-state index in [1.54, 1.807) is 10.4 Å². The molecular weight excluding hydrogens is 260 g/mol. The smallest absolute Gasteiger partial charge is 0.0719 e. The zero-order valence-electron chi connectivity index (χ0n) is 10.4. The molecule has 1 unspecified atom stereocenters. The minimum absolute atomic E-state index is 0.128. The third-order valence-electron chi connectivity index (χ3n) is 3.58. The molecule has 0 radical (unpaired) electrons.